The molecule has 0 aliphatic carbocycles. The zero-order valence-corrected chi connectivity index (χ0v) is 17.9. The van der Waals surface area contributed by atoms with Gasteiger partial charge < -0.3 is 10.1 Å². The van der Waals surface area contributed by atoms with Crippen LogP contribution in [0.4, 0.5) is 5.69 Å². The third-order valence-electron chi connectivity index (χ3n) is 5.12. The highest BCUT2D eigenvalue weighted by atomic mass is 16.5. The van der Waals surface area contributed by atoms with Crippen LogP contribution < -0.4 is 10.9 Å². The molecule has 1 unspecified atom stereocenters. The number of esters is 1. The molecule has 0 bridgehead atoms. The lowest BCUT2D eigenvalue weighted by molar-refractivity contribution is -0.118. The summed E-state index contributed by atoms with van der Waals surface area (Å²) < 4.78 is 6.50. The van der Waals surface area contributed by atoms with E-state index in [9.17, 15) is 14.4 Å². The van der Waals surface area contributed by atoms with Crippen LogP contribution in [-0.4, -0.2) is 23.1 Å². The monoisotopic (exact) mass is 406 g/mol. The average Bonchev–Trinajstić information content (AvgIpc) is 2.69. The maximum atomic E-state index is 12.9. The molecule has 0 radical (unpaired) electrons. The fourth-order valence-corrected chi connectivity index (χ4v) is 3.68. The van der Waals surface area contributed by atoms with E-state index in [1.54, 1.807) is 48.7 Å². The molecule has 30 heavy (non-hydrogen) atoms. The zero-order valence-electron chi connectivity index (χ0n) is 17.9. The van der Waals surface area contributed by atoms with Gasteiger partial charge in [0, 0.05) is 17.1 Å². The van der Waals surface area contributed by atoms with Crippen LogP contribution in [0.2, 0.25) is 0 Å². The maximum Gasteiger partial charge on any atom is 0.338 e. The van der Waals surface area contributed by atoms with E-state index < -0.39 is 12.0 Å². The van der Waals surface area contributed by atoms with Crippen LogP contribution in [0.3, 0.4) is 0 Å². The Morgan fingerprint density at radius 1 is 1.03 bits per heavy atom. The Hall–Kier alpha value is -3.41. The molecule has 0 saturated carbocycles. The number of carbonyl (C=O) groups is 2. The number of hydrogen-bond acceptors (Lipinski definition) is 4. The van der Waals surface area contributed by atoms with Crippen LogP contribution >= 0.6 is 0 Å². The summed E-state index contributed by atoms with van der Waals surface area (Å²) in [7, 11) is 0. The van der Waals surface area contributed by atoms with Crippen molar-refractivity contribution in [1.82, 2.24) is 4.57 Å². The fraction of sp³-hybridized carbons (Fsp3) is 0.292. The first-order chi connectivity index (χ1) is 14.2. The van der Waals surface area contributed by atoms with Gasteiger partial charge in [-0.25, -0.2) is 4.79 Å². The molecule has 0 fully saturated rings. The molecular weight excluding hydrogens is 380 g/mol. The topological polar surface area (TPSA) is 77.4 Å². The van der Waals surface area contributed by atoms with Gasteiger partial charge in [-0.2, -0.15) is 0 Å². The maximum absolute atomic E-state index is 12.9. The lowest BCUT2D eigenvalue weighted by atomic mass is 10.0. The van der Waals surface area contributed by atoms with Crippen molar-refractivity contribution in [3.05, 3.63) is 75.1 Å². The Morgan fingerprint density at radius 3 is 2.33 bits per heavy atom. The summed E-state index contributed by atoms with van der Waals surface area (Å²) in [6.45, 7) is 9.61. The smallest absolute Gasteiger partial charge is 0.338 e. The number of rotatable bonds is 5. The lowest BCUT2D eigenvalue weighted by Gasteiger charge is -2.20. The molecule has 1 atom stereocenters. The van der Waals surface area contributed by atoms with Crippen molar-refractivity contribution in [2.24, 2.45) is 0 Å². The van der Waals surface area contributed by atoms with E-state index in [1.807, 2.05) is 32.9 Å². The summed E-state index contributed by atoms with van der Waals surface area (Å²) in [5.74, 6) is -0.724. The number of fused-ring (bicyclic) bond motifs is 1. The van der Waals surface area contributed by atoms with E-state index in [0.717, 1.165) is 27.6 Å². The third kappa shape index (κ3) is 4.13. The number of nitrogens with zero attached hydrogens (tertiary/aromatic N) is 1. The summed E-state index contributed by atoms with van der Waals surface area (Å²) in [6, 6.07) is 11.4. The lowest BCUT2D eigenvalue weighted by Crippen LogP contribution is -2.32. The molecule has 0 saturated heterocycles. The molecule has 2 aromatic carbocycles. The Bertz CT molecular complexity index is 1180. The number of pyridine rings is 1. The van der Waals surface area contributed by atoms with E-state index in [2.05, 4.69) is 5.32 Å². The van der Waals surface area contributed by atoms with Crippen molar-refractivity contribution >= 4 is 28.5 Å². The van der Waals surface area contributed by atoms with Crippen LogP contribution in [0.15, 0.2) is 47.3 Å². The van der Waals surface area contributed by atoms with Crippen molar-refractivity contribution in [2.45, 2.75) is 40.7 Å². The van der Waals surface area contributed by atoms with E-state index >= 15 is 0 Å². The molecule has 1 N–H and O–H groups in total. The number of carbonyl (C=O) groups excluding carboxylic acids is 2. The summed E-state index contributed by atoms with van der Waals surface area (Å²) in [4.78, 5) is 37.5. The molecule has 3 aromatic rings. The van der Waals surface area contributed by atoms with Gasteiger partial charge in [0.1, 0.15) is 6.04 Å². The van der Waals surface area contributed by atoms with Crippen LogP contribution in [0.5, 0.6) is 0 Å². The number of hydrogen-bond donors (Lipinski definition) is 1. The minimum atomic E-state index is -0.716. The van der Waals surface area contributed by atoms with Gasteiger partial charge in [0.2, 0.25) is 5.91 Å². The van der Waals surface area contributed by atoms with Gasteiger partial charge in [0.15, 0.2) is 0 Å². The van der Waals surface area contributed by atoms with Crippen LogP contribution in [0, 0.1) is 20.8 Å². The van der Waals surface area contributed by atoms with Gasteiger partial charge in [-0.05, 0) is 76.1 Å². The third-order valence-corrected chi connectivity index (χ3v) is 5.12. The second-order valence-corrected chi connectivity index (χ2v) is 7.48. The SMILES string of the molecule is CCOC(=O)c1ccc(NC(=O)C(C)n2c(=O)cc(C)c3cc(C)cc(C)c32)cc1. The Labute approximate surface area is 175 Å². The molecule has 0 aliphatic rings. The van der Waals surface area contributed by atoms with Gasteiger partial charge >= 0.3 is 5.97 Å². The van der Waals surface area contributed by atoms with Gasteiger partial charge in [-0.1, -0.05) is 11.6 Å². The second-order valence-electron chi connectivity index (χ2n) is 7.48. The van der Waals surface area contributed by atoms with E-state index in [1.165, 1.54) is 0 Å². The van der Waals surface area contributed by atoms with Crippen molar-refractivity contribution in [3.63, 3.8) is 0 Å². The number of nitrogens with one attached hydrogen (secondary N) is 1. The minimum Gasteiger partial charge on any atom is -0.462 e. The first-order valence-electron chi connectivity index (χ1n) is 9.94. The van der Waals surface area contributed by atoms with Gasteiger partial charge in [-0.15, -0.1) is 0 Å². The molecule has 1 heterocycles. The predicted molar refractivity (Wildman–Crippen MR) is 118 cm³/mol. The number of aryl methyl sites for hydroxylation is 3. The number of ether oxygens (including phenoxy) is 1. The largest absolute Gasteiger partial charge is 0.462 e. The molecule has 6 nitrogen and oxygen atoms in total. The van der Waals surface area contributed by atoms with Crippen LogP contribution in [0.25, 0.3) is 10.9 Å². The van der Waals surface area contributed by atoms with Gasteiger partial charge in [0.05, 0.1) is 17.7 Å². The number of anilines is 1. The summed E-state index contributed by atoms with van der Waals surface area (Å²) in [5, 5.41) is 3.79. The Balaban J connectivity index is 1.93. The van der Waals surface area contributed by atoms with Crippen molar-refractivity contribution in [3.8, 4) is 0 Å². The van der Waals surface area contributed by atoms with Crippen LogP contribution in [0.1, 0.15) is 46.9 Å². The molecule has 1 amide bonds. The highest BCUT2D eigenvalue weighted by molar-refractivity contribution is 5.96. The number of benzene rings is 2. The van der Waals surface area contributed by atoms with Crippen molar-refractivity contribution in [2.75, 3.05) is 11.9 Å². The Morgan fingerprint density at radius 2 is 1.70 bits per heavy atom. The molecular formula is C24H26N2O4. The molecule has 3 rings (SSSR count). The second kappa shape index (κ2) is 8.53. The summed E-state index contributed by atoms with van der Waals surface area (Å²) >= 11 is 0. The highest BCUT2D eigenvalue weighted by Crippen LogP contribution is 2.25. The fourth-order valence-electron chi connectivity index (χ4n) is 3.68. The average molecular weight is 406 g/mol. The van der Waals surface area contributed by atoms with Gasteiger partial charge in [0.25, 0.3) is 5.56 Å². The first kappa shape index (κ1) is 21.3. The predicted octanol–water partition coefficient (Wildman–Crippen LogP) is 4.30. The Kier molecular flexibility index (Phi) is 6.06. The summed E-state index contributed by atoms with van der Waals surface area (Å²) in [6.07, 6.45) is 0. The molecule has 1 aromatic heterocycles. The number of aromatic nitrogens is 1. The van der Waals surface area contributed by atoms with Gasteiger partial charge in [-0.3, -0.25) is 14.2 Å². The summed E-state index contributed by atoms with van der Waals surface area (Å²) in [5.41, 5.74) is 4.45. The highest BCUT2D eigenvalue weighted by Gasteiger charge is 2.21. The van der Waals surface area contributed by atoms with Crippen molar-refractivity contribution in [1.29, 1.82) is 0 Å². The first-order valence-corrected chi connectivity index (χ1v) is 9.94. The standard InChI is InChI=1S/C24H26N2O4/c1-6-30-24(29)18-7-9-19(10-8-18)25-23(28)17(5)26-21(27)13-15(3)20-12-14(2)11-16(4)22(20)26/h7-13,17H,6H2,1-5H3,(H,25,28). The molecule has 156 valence electrons. The number of amides is 1. The zero-order chi connectivity index (χ0) is 22.0. The van der Waals surface area contributed by atoms with E-state index in [4.69, 9.17) is 4.74 Å². The normalized spacial score (nSPS) is 11.9. The van der Waals surface area contributed by atoms with Crippen molar-refractivity contribution < 1.29 is 14.3 Å². The minimum absolute atomic E-state index is 0.215. The molecule has 0 aliphatic heterocycles. The molecule has 0 spiro atoms. The molecule has 6 heteroatoms. The quantitative estimate of drug-likeness (QED) is 0.641. The van der Waals surface area contributed by atoms with E-state index in [0.29, 0.717) is 17.9 Å². The van der Waals surface area contributed by atoms with Crippen LogP contribution in [-0.2, 0) is 9.53 Å². The van der Waals surface area contributed by atoms with E-state index in [-0.39, 0.29) is 11.5 Å².